The van der Waals surface area contributed by atoms with Crippen molar-refractivity contribution in [1.29, 1.82) is 0 Å². The minimum atomic E-state index is -1.85. The molecule has 0 aromatic rings. The van der Waals surface area contributed by atoms with Crippen LogP contribution in [0.15, 0.2) is 0 Å². The third-order valence-corrected chi connectivity index (χ3v) is 2.30. The zero-order valence-electron chi connectivity index (χ0n) is 5.63. The van der Waals surface area contributed by atoms with Crippen LogP contribution in [0.5, 0.6) is 0 Å². The molecule has 7 heteroatoms. The van der Waals surface area contributed by atoms with Crippen LogP contribution in [0.4, 0.5) is 4.79 Å². The van der Waals surface area contributed by atoms with Gasteiger partial charge >= 0.3 is 6.09 Å². The van der Waals surface area contributed by atoms with Crippen molar-refractivity contribution in [2.24, 2.45) is 0 Å². The molecule has 1 saturated heterocycles. The van der Waals surface area contributed by atoms with Gasteiger partial charge in [-0.15, -0.1) is 5.01 Å². The summed E-state index contributed by atoms with van der Waals surface area (Å²) in [6, 6.07) is 0. The highest BCUT2D eigenvalue weighted by Gasteiger charge is 2.35. The first-order valence-corrected chi connectivity index (χ1v) is 3.96. The van der Waals surface area contributed by atoms with Crippen LogP contribution in [0.2, 0.25) is 0 Å². The molecular formula is C4H8N2O4S. The SMILES string of the molecule is O=C(O)N1CCCS[N+]1([O-])O. The van der Waals surface area contributed by atoms with Crippen LogP contribution in [0, 0.1) is 5.21 Å². The fourth-order valence-electron chi connectivity index (χ4n) is 0.798. The zero-order chi connectivity index (χ0) is 8.48. The van der Waals surface area contributed by atoms with Crippen LogP contribution < -0.4 is 0 Å². The maximum absolute atomic E-state index is 10.9. The summed E-state index contributed by atoms with van der Waals surface area (Å²) >= 11 is 0.639. The van der Waals surface area contributed by atoms with E-state index in [0.29, 0.717) is 29.1 Å². The van der Waals surface area contributed by atoms with E-state index in [1.54, 1.807) is 0 Å². The third-order valence-electron chi connectivity index (χ3n) is 1.30. The number of hydrogen-bond acceptors (Lipinski definition) is 4. The summed E-state index contributed by atoms with van der Waals surface area (Å²) in [6.07, 6.45) is -0.797. The Morgan fingerprint density at radius 2 is 2.36 bits per heavy atom. The van der Waals surface area contributed by atoms with Gasteiger partial charge in [0.25, 0.3) is 0 Å². The monoisotopic (exact) mass is 180 g/mol. The summed E-state index contributed by atoms with van der Waals surface area (Å²) in [5.41, 5.74) is 0. The quantitative estimate of drug-likeness (QED) is 0.324. The van der Waals surface area contributed by atoms with Gasteiger partial charge in [-0.2, -0.15) is 5.21 Å². The van der Waals surface area contributed by atoms with E-state index in [1.807, 2.05) is 0 Å². The van der Waals surface area contributed by atoms with Gasteiger partial charge in [0, 0.05) is 0 Å². The molecule has 64 valence electrons. The predicted molar refractivity (Wildman–Crippen MR) is 37.2 cm³/mol. The van der Waals surface area contributed by atoms with E-state index in [-0.39, 0.29) is 6.54 Å². The van der Waals surface area contributed by atoms with Crippen molar-refractivity contribution in [3.05, 3.63) is 5.21 Å². The molecule has 1 unspecified atom stereocenters. The lowest BCUT2D eigenvalue weighted by atomic mass is 10.5. The van der Waals surface area contributed by atoms with Gasteiger partial charge in [-0.05, 0) is 10.7 Å². The number of quaternary nitrogens is 1. The molecule has 1 aliphatic heterocycles. The first-order valence-electron chi connectivity index (χ1n) is 3.02. The number of hydrogen-bond donors (Lipinski definition) is 2. The van der Waals surface area contributed by atoms with Crippen molar-refractivity contribution in [2.75, 3.05) is 12.3 Å². The molecule has 0 bridgehead atoms. The van der Waals surface area contributed by atoms with E-state index in [1.165, 1.54) is 0 Å². The normalized spacial score (nSPS) is 32.0. The molecule has 0 radical (unpaired) electrons. The Balaban J connectivity index is 2.67. The minimum Gasteiger partial charge on any atom is -0.560 e. The summed E-state index contributed by atoms with van der Waals surface area (Å²) in [6.45, 7) is 0.0856. The Bertz CT molecular complexity index is 173. The minimum absolute atomic E-state index is 0.0856. The smallest absolute Gasteiger partial charge is 0.456 e. The summed E-state index contributed by atoms with van der Waals surface area (Å²) < 4.78 is -1.85. The van der Waals surface area contributed by atoms with Crippen molar-refractivity contribution in [3.63, 3.8) is 0 Å². The average molecular weight is 180 g/mol. The van der Waals surface area contributed by atoms with Crippen molar-refractivity contribution >= 4 is 18.0 Å². The van der Waals surface area contributed by atoms with Crippen molar-refractivity contribution in [3.8, 4) is 0 Å². The maximum atomic E-state index is 10.9. The standard InChI is InChI=1S/C4H8N2O4S/c7-4(8)5-2-1-3-11-6(5,9)10/h9H,1-3H2,(H,7,8). The van der Waals surface area contributed by atoms with Gasteiger partial charge in [-0.1, -0.05) is 0 Å². The molecule has 0 aliphatic carbocycles. The van der Waals surface area contributed by atoms with E-state index >= 15 is 0 Å². The van der Waals surface area contributed by atoms with E-state index in [0.717, 1.165) is 0 Å². The highest BCUT2D eigenvalue weighted by molar-refractivity contribution is 7.93. The third kappa shape index (κ3) is 1.74. The molecule has 6 nitrogen and oxygen atoms in total. The molecular weight excluding hydrogens is 172 g/mol. The number of nitrogens with zero attached hydrogens (tertiary/aromatic N) is 2. The van der Waals surface area contributed by atoms with Gasteiger partial charge in [-0.3, -0.25) is 0 Å². The fourth-order valence-corrected chi connectivity index (χ4v) is 1.58. The average Bonchev–Trinajstić information content (AvgIpc) is 1.85. The van der Waals surface area contributed by atoms with Crippen LogP contribution in [0.1, 0.15) is 6.42 Å². The van der Waals surface area contributed by atoms with Crippen LogP contribution in [-0.2, 0) is 0 Å². The zero-order valence-corrected chi connectivity index (χ0v) is 6.45. The van der Waals surface area contributed by atoms with Crippen LogP contribution >= 0.6 is 11.9 Å². The Morgan fingerprint density at radius 3 is 2.73 bits per heavy atom. The fraction of sp³-hybridized carbons (Fsp3) is 0.750. The first-order chi connectivity index (χ1) is 5.04. The molecule has 0 saturated carbocycles. The molecule has 0 aromatic carbocycles. The number of carbonyl (C=O) groups is 1. The van der Waals surface area contributed by atoms with E-state index in [2.05, 4.69) is 0 Å². The number of carboxylic acid groups (broad SMARTS) is 1. The molecule has 1 atom stereocenters. The van der Waals surface area contributed by atoms with Gasteiger partial charge < -0.3 is 10.3 Å². The molecule has 1 fully saturated rings. The largest absolute Gasteiger partial charge is 0.560 e. The lowest BCUT2D eigenvalue weighted by molar-refractivity contribution is -1.04. The second-order valence-corrected chi connectivity index (χ2v) is 3.23. The molecule has 1 rings (SSSR count). The molecule has 2 N–H and O–H groups in total. The Kier molecular flexibility index (Phi) is 2.23. The molecule has 11 heavy (non-hydrogen) atoms. The van der Waals surface area contributed by atoms with Gasteiger partial charge in [0.05, 0.1) is 12.3 Å². The van der Waals surface area contributed by atoms with Gasteiger partial charge in [0.1, 0.15) is 11.9 Å². The van der Waals surface area contributed by atoms with Crippen LogP contribution in [0.25, 0.3) is 0 Å². The lowest BCUT2D eigenvalue weighted by Crippen LogP contribution is -2.54. The predicted octanol–water partition coefficient (Wildman–Crippen LogP) is 0.637. The lowest BCUT2D eigenvalue weighted by Gasteiger charge is -2.39. The van der Waals surface area contributed by atoms with E-state index in [9.17, 15) is 10.0 Å². The molecule has 0 aromatic heterocycles. The number of amides is 1. The summed E-state index contributed by atoms with van der Waals surface area (Å²) in [5, 5.41) is 28.6. The molecule has 0 spiro atoms. The van der Waals surface area contributed by atoms with Crippen LogP contribution in [0.3, 0.4) is 0 Å². The summed E-state index contributed by atoms with van der Waals surface area (Å²) in [7, 11) is 0. The highest BCUT2D eigenvalue weighted by atomic mass is 32.2. The summed E-state index contributed by atoms with van der Waals surface area (Å²) in [5.74, 6) is 0.476. The van der Waals surface area contributed by atoms with Crippen molar-refractivity contribution in [1.82, 2.24) is 5.01 Å². The second kappa shape index (κ2) is 2.86. The van der Waals surface area contributed by atoms with E-state index < -0.39 is 10.4 Å². The van der Waals surface area contributed by atoms with E-state index in [4.69, 9.17) is 10.3 Å². The topological polar surface area (TPSA) is 83.8 Å². The first kappa shape index (κ1) is 8.60. The van der Waals surface area contributed by atoms with Crippen molar-refractivity contribution < 1.29 is 19.4 Å². The van der Waals surface area contributed by atoms with Gasteiger partial charge in [0.2, 0.25) is 0 Å². The Hall–Kier alpha value is -0.500. The Morgan fingerprint density at radius 1 is 1.73 bits per heavy atom. The molecule has 1 heterocycles. The van der Waals surface area contributed by atoms with Gasteiger partial charge in [0.15, 0.2) is 0 Å². The summed E-state index contributed by atoms with van der Waals surface area (Å²) in [4.78, 5) is 10.3. The van der Waals surface area contributed by atoms with Gasteiger partial charge in [-0.25, -0.2) is 4.79 Å². The van der Waals surface area contributed by atoms with Crippen LogP contribution in [-0.4, -0.2) is 38.0 Å². The molecule has 1 amide bonds. The second-order valence-electron chi connectivity index (χ2n) is 2.08. The van der Waals surface area contributed by atoms with Crippen molar-refractivity contribution in [2.45, 2.75) is 6.42 Å². The molecule has 1 aliphatic rings. The Labute approximate surface area is 67.2 Å². The number of rotatable bonds is 0. The highest BCUT2D eigenvalue weighted by Crippen LogP contribution is 2.27. The maximum Gasteiger partial charge on any atom is 0.456 e.